The molecular weight excluding hydrogens is 318 g/mol. The molecule has 0 spiro atoms. The lowest BCUT2D eigenvalue weighted by Gasteiger charge is -2.13. The number of hydrogen-bond acceptors (Lipinski definition) is 6. The highest BCUT2D eigenvalue weighted by Gasteiger charge is 2.23. The van der Waals surface area contributed by atoms with Crippen molar-refractivity contribution in [3.05, 3.63) is 46.0 Å². The smallest absolute Gasteiger partial charge is 0.326 e. The molecule has 0 radical (unpaired) electrons. The van der Waals surface area contributed by atoms with Gasteiger partial charge in [-0.2, -0.15) is 0 Å². The fourth-order valence-electron chi connectivity index (χ4n) is 2.26. The number of aromatic nitrogens is 2. The predicted molar refractivity (Wildman–Crippen MR) is 85.4 cm³/mol. The molecule has 0 saturated carbocycles. The van der Waals surface area contributed by atoms with Crippen molar-refractivity contribution >= 4 is 28.6 Å². The number of amides is 1. The molecule has 120 valence electrons. The third-order valence-electron chi connectivity index (χ3n) is 3.41. The summed E-state index contributed by atoms with van der Waals surface area (Å²) < 4.78 is 6.56. The van der Waals surface area contributed by atoms with Crippen molar-refractivity contribution in [3.8, 4) is 0 Å². The predicted octanol–water partition coefficient (Wildman–Crippen LogP) is 1.21. The van der Waals surface area contributed by atoms with Gasteiger partial charge in [0.25, 0.3) is 10.8 Å². The first-order chi connectivity index (χ1) is 11.0. The molecule has 0 unspecified atom stereocenters. The molecule has 3 rings (SSSR count). The first-order valence-corrected chi connectivity index (χ1v) is 8.08. The molecule has 3 heterocycles. The van der Waals surface area contributed by atoms with Gasteiger partial charge in [-0.1, -0.05) is 17.8 Å². The minimum Gasteiger partial charge on any atom is -0.458 e. The molecule has 8 heteroatoms. The third-order valence-corrected chi connectivity index (χ3v) is 4.30. The van der Waals surface area contributed by atoms with E-state index >= 15 is 0 Å². The number of aryl methyl sites for hydroxylation is 1. The average molecular weight is 333 g/mol. The fraction of sp³-hybridized carbons (Fsp3) is 0.333. The Morgan fingerprint density at radius 1 is 1.39 bits per heavy atom. The molecule has 0 aliphatic carbocycles. The van der Waals surface area contributed by atoms with Gasteiger partial charge in [-0.15, -0.1) is 0 Å². The zero-order valence-corrected chi connectivity index (χ0v) is 13.3. The van der Waals surface area contributed by atoms with Crippen molar-refractivity contribution in [1.29, 1.82) is 0 Å². The van der Waals surface area contributed by atoms with Crippen LogP contribution in [0.2, 0.25) is 0 Å². The number of carbonyl (C=O) groups is 2. The maximum Gasteiger partial charge on any atom is 0.326 e. The van der Waals surface area contributed by atoms with Crippen LogP contribution in [-0.2, 0) is 16.1 Å². The lowest BCUT2D eigenvalue weighted by molar-refractivity contribution is -0.145. The Morgan fingerprint density at radius 2 is 2.22 bits per heavy atom. The SMILES string of the molecule is Cc1ccc2nc(COC(=O)CN3CCSC3=O)cc(=O)n2c1. The maximum atomic E-state index is 12.0. The minimum atomic E-state index is -0.508. The van der Waals surface area contributed by atoms with Crippen LogP contribution in [0.1, 0.15) is 11.3 Å². The van der Waals surface area contributed by atoms with Gasteiger partial charge in [0, 0.05) is 24.6 Å². The summed E-state index contributed by atoms with van der Waals surface area (Å²) in [5.74, 6) is 0.181. The lowest BCUT2D eigenvalue weighted by atomic mass is 10.3. The van der Waals surface area contributed by atoms with Crippen LogP contribution in [0.4, 0.5) is 4.79 Å². The van der Waals surface area contributed by atoms with Gasteiger partial charge < -0.3 is 9.64 Å². The summed E-state index contributed by atoms with van der Waals surface area (Å²) in [4.78, 5) is 41.0. The second-order valence-corrected chi connectivity index (χ2v) is 6.26. The van der Waals surface area contributed by atoms with E-state index in [-0.39, 0.29) is 24.0 Å². The minimum absolute atomic E-state index is 0.0718. The first kappa shape index (κ1) is 15.5. The van der Waals surface area contributed by atoms with Gasteiger partial charge in [0.2, 0.25) is 0 Å². The number of carbonyl (C=O) groups excluding carboxylic acids is 2. The van der Waals surface area contributed by atoms with Gasteiger partial charge in [-0.25, -0.2) is 4.98 Å². The summed E-state index contributed by atoms with van der Waals surface area (Å²) in [6.07, 6.45) is 1.71. The molecule has 1 saturated heterocycles. The highest BCUT2D eigenvalue weighted by molar-refractivity contribution is 8.13. The van der Waals surface area contributed by atoms with Gasteiger partial charge in [-0.3, -0.25) is 18.8 Å². The average Bonchev–Trinajstić information content (AvgIpc) is 2.91. The number of fused-ring (bicyclic) bond motifs is 1. The number of nitrogens with zero attached hydrogens (tertiary/aromatic N) is 3. The van der Waals surface area contributed by atoms with E-state index in [1.54, 1.807) is 12.3 Å². The summed E-state index contributed by atoms with van der Waals surface area (Å²) in [7, 11) is 0. The van der Waals surface area contributed by atoms with Crippen LogP contribution in [-0.4, -0.2) is 44.3 Å². The van der Waals surface area contributed by atoms with E-state index in [9.17, 15) is 14.4 Å². The Hall–Kier alpha value is -2.35. The fourth-order valence-corrected chi connectivity index (χ4v) is 3.08. The number of pyridine rings is 1. The van der Waals surface area contributed by atoms with E-state index in [0.29, 0.717) is 23.6 Å². The Morgan fingerprint density at radius 3 is 2.96 bits per heavy atom. The Kier molecular flexibility index (Phi) is 4.33. The van der Waals surface area contributed by atoms with Crippen molar-refractivity contribution in [1.82, 2.24) is 14.3 Å². The molecule has 1 fully saturated rings. The molecule has 1 aliphatic rings. The van der Waals surface area contributed by atoms with Crippen LogP contribution in [0, 0.1) is 6.92 Å². The van der Waals surface area contributed by atoms with Crippen LogP contribution in [0.3, 0.4) is 0 Å². The topological polar surface area (TPSA) is 81.0 Å². The molecule has 2 aromatic rings. The third kappa shape index (κ3) is 3.53. The molecular formula is C15H15N3O4S. The summed E-state index contributed by atoms with van der Waals surface area (Å²) in [6.45, 7) is 2.28. The zero-order valence-electron chi connectivity index (χ0n) is 12.5. The van der Waals surface area contributed by atoms with Crippen molar-refractivity contribution in [2.45, 2.75) is 13.5 Å². The second kappa shape index (κ2) is 6.41. The summed E-state index contributed by atoms with van der Waals surface area (Å²) >= 11 is 1.19. The number of ether oxygens (including phenoxy) is 1. The molecule has 2 aromatic heterocycles. The molecule has 0 atom stereocenters. The summed E-state index contributed by atoms with van der Waals surface area (Å²) in [5.41, 5.74) is 1.61. The summed E-state index contributed by atoms with van der Waals surface area (Å²) in [5, 5.41) is -0.112. The van der Waals surface area contributed by atoms with Crippen molar-refractivity contribution < 1.29 is 14.3 Å². The van der Waals surface area contributed by atoms with Crippen molar-refractivity contribution in [2.75, 3.05) is 18.8 Å². The zero-order chi connectivity index (χ0) is 16.4. The van der Waals surface area contributed by atoms with Gasteiger partial charge in [0.1, 0.15) is 18.8 Å². The number of thioether (sulfide) groups is 1. The Bertz CT molecular complexity index is 833. The van der Waals surface area contributed by atoms with Crippen LogP contribution in [0.5, 0.6) is 0 Å². The van der Waals surface area contributed by atoms with Crippen LogP contribution >= 0.6 is 11.8 Å². The monoisotopic (exact) mass is 333 g/mol. The second-order valence-electron chi connectivity index (χ2n) is 5.22. The van der Waals surface area contributed by atoms with Crippen LogP contribution in [0.25, 0.3) is 5.65 Å². The molecule has 7 nitrogen and oxygen atoms in total. The molecule has 0 bridgehead atoms. The van der Waals surface area contributed by atoms with E-state index in [2.05, 4.69) is 4.98 Å². The quantitative estimate of drug-likeness (QED) is 0.783. The molecule has 0 N–H and O–H groups in total. The van der Waals surface area contributed by atoms with E-state index in [0.717, 1.165) is 5.56 Å². The molecule has 1 amide bonds. The van der Waals surface area contributed by atoms with E-state index in [4.69, 9.17) is 4.74 Å². The number of esters is 1. The Labute approximate surface area is 136 Å². The Balaban J connectivity index is 1.67. The maximum absolute atomic E-state index is 12.0. The van der Waals surface area contributed by atoms with Gasteiger partial charge in [-0.05, 0) is 18.6 Å². The van der Waals surface area contributed by atoms with Crippen LogP contribution in [0.15, 0.2) is 29.2 Å². The molecule has 1 aliphatic heterocycles. The summed E-state index contributed by atoms with van der Waals surface area (Å²) in [6, 6.07) is 4.94. The van der Waals surface area contributed by atoms with Crippen molar-refractivity contribution in [2.24, 2.45) is 0 Å². The van der Waals surface area contributed by atoms with Gasteiger partial charge in [0.15, 0.2) is 0 Å². The largest absolute Gasteiger partial charge is 0.458 e. The van der Waals surface area contributed by atoms with Crippen LogP contribution < -0.4 is 5.56 Å². The molecule has 0 aromatic carbocycles. The molecule has 23 heavy (non-hydrogen) atoms. The van der Waals surface area contributed by atoms with Crippen molar-refractivity contribution in [3.63, 3.8) is 0 Å². The lowest BCUT2D eigenvalue weighted by Crippen LogP contribution is -2.31. The van der Waals surface area contributed by atoms with Gasteiger partial charge in [0.05, 0.1) is 5.69 Å². The number of rotatable bonds is 4. The standard InChI is InChI=1S/C15H15N3O4S/c1-10-2-3-12-16-11(6-13(19)18(12)7-10)9-22-14(20)8-17-4-5-23-15(17)21/h2-3,6-7H,4-5,8-9H2,1H3. The van der Waals surface area contributed by atoms with E-state index in [1.165, 1.54) is 27.1 Å². The highest BCUT2D eigenvalue weighted by Crippen LogP contribution is 2.16. The highest BCUT2D eigenvalue weighted by atomic mass is 32.2. The normalized spacial score (nSPS) is 14.5. The first-order valence-electron chi connectivity index (χ1n) is 7.09. The van der Waals surface area contributed by atoms with E-state index < -0.39 is 5.97 Å². The van der Waals surface area contributed by atoms with Gasteiger partial charge >= 0.3 is 5.97 Å². The number of hydrogen-bond donors (Lipinski definition) is 0. The van der Waals surface area contributed by atoms with E-state index in [1.807, 2.05) is 13.0 Å².